The number of hydrogen-bond acceptors (Lipinski definition) is 2. The minimum atomic E-state index is -0.805. The second-order valence-electron chi connectivity index (χ2n) is 7.63. The fourth-order valence-corrected chi connectivity index (χ4v) is 4.72. The fourth-order valence-electron chi connectivity index (χ4n) is 4.43. The van der Waals surface area contributed by atoms with Crippen molar-refractivity contribution in [3.8, 4) is 0 Å². The van der Waals surface area contributed by atoms with E-state index in [0.717, 1.165) is 17.9 Å². The minimum Gasteiger partial charge on any atom is -0.480 e. The smallest absolute Gasteiger partial charge is 0.320 e. The molecule has 0 aromatic heterocycles. The van der Waals surface area contributed by atoms with Crippen molar-refractivity contribution in [1.29, 1.82) is 0 Å². The van der Waals surface area contributed by atoms with Crippen molar-refractivity contribution in [3.63, 3.8) is 0 Å². The second-order valence-corrected chi connectivity index (χ2v) is 8.51. The molecule has 0 fully saturated rings. The first-order valence-electron chi connectivity index (χ1n) is 9.23. The van der Waals surface area contributed by atoms with Gasteiger partial charge in [-0.3, -0.25) is 9.69 Å². The standard InChI is InChI=1S/C22H25Cl2NO2/c1-14(13-25(3)15(2)21(26)27)22(17-5-8-18(23)9-6-17)11-10-16-4-7-19(24)12-20(16)22/h4-9,12,14-15H,10-11,13H2,1-3H3,(H,26,27)/t14-,15?,22-/m0/s1. The van der Waals surface area contributed by atoms with E-state index in [0.29, 0.717) is 11.6 Å². The van der Waals surface area contributed by atoms with Crippen LogP contribution in [0.5, 0.6) is 0 Å². The Morgan fingerprint density at radius 3 is 2.41 bits per heavy atom. The maximum absolute atomic E-state index is 11.4. The van der Waals surface area contributed by atoms with Crippen molar-refractivity contribution in [3.05, 3.63) is 69.2 Å². The summed E-state index contributed by atoms with van der Waals surface area (Å²) in [4.78, 5) is 13.3. The topological polar surface area (TPSA) is 40.5 Å². The Bertz CT molecular complexity index is 837. The van der Waals surface area contributed by atoms with E-state index in [-0.39, 0.29) is 11.3 Å². The molecule has 144 valence electrons. The van der Waals surface area contributed by atoms with Gasteiger partial charge in [0.05, 0.1) is 0 Å². The Morgan fingerprint density at radius 1 is 1.15 bits per heavy atom. The number of hydrogen-bond donors (Lipinski definition) is 1. The molecule has 0 saturated carbocycles. The molecule has 5 heteroatoms. The van der Waals surface area contributed by atoms with E-state index in [2.05, 4.69) is 31.2 Å². The van der Waals surface area contributed by atoms with Crippen LogP contribution in [-0.2, 0) is 16.6 Å². The van der Waals surface area contributed by atoms with Crippen LogP contribution in [-0.4, -0.2) is 35.6 Å². The lowest BCUT2D eigenvalue weighted by molar-refractivity contribution is -0.142. The van der Waals surface area contributed by atoms with Gasteiger partial charge in [0.2, 0.25) is 0 Å². The lowest BCUT2D eigenvalue weighted by Crippen LogP contribution is -2.44. The summed E-state index contributed by atoms with van der Waals surface area (Å²) < 4.78 is 0. The van der Waals surface area contributed by atoms with Gasteiger partial charge in [0, 0.05) is 22.0 Å². The largest absolute Gasteiger partial charge is 0.480 e. The van der Waals surface area contributed by atoms with Crippen molar-refractivity contribution >= 4 is 29.2 Å². The number of rotatable bonds is 6. The van der Waals surface area contributed by atoms with Crippen LogP contribution >= 0.6 is 23.2 Å². The highest BCUT2D eigenvalue weighted by Crippen LogP contribution is 2.50. The van der Waals surface area contributed by atoms with E-state index >= 15 is 0 Å². The number of nitrogens with zero attached hydrogens (tertiary/aromatic N) is 1. The minimum absolute atomic E-state index is 0.199. The Balaban J connectivity index is 2.06. The predicted molar refractivity (Wildman–Crippen MR) is 111 cm³/mol. The number of likely N-dealkylation sites (N-methyl/N-ethyl adjacent to an activating group) is 1. The van der Waals surface area contributed by atoms with Gasteiger partial charge in [-0.05, 0) is 73.7 Å². The van der Waals surface area contributed by atoms with E-state index in [4.69, 9.17) is 23.2 Å². The summed E-state index contributed by atoms with van der Waals surface area (Å²) in [6.45, 7) is 4.60. The van der Waals surface area contributed by atoms with Crippen molar-refractivity contribution in [2.45, 2.75) is 38.1 Å². The van der Waals surface area contributed by atoms with Crippen LogP contribution in [0.3, 0.4) is 0 Å². The van der Waals surface area contributed by atoms with Crippen LogP contribution in [0.4, 0.5) is 0 Å². The number of carboxylic acid groups (broad SMARTS) is 1. The third kappa shape index (κ3) is 3.73. The lowest BCUT2D eigenvalue weighted by atomic mass is 9.67. The average Bonchev–Trinajstić information content (AvgIpc) is 3.01. The highest BCUT2D eigenvalue weighted by molar-refractivity contribution is 6.31. The first kappa shape index (κ1) is 20.2. The van der Waals surface area contributed by atoms with Crippen LogP contribution in [0.1, 0.15) is 37.0 Å². The molecule has 3 rings (SSSR count). The zero-order valence-corrected chi connectivity index (χ0v) is 17.4. The molecule has 0 spiro atoms. The van der Waals surface area contributed by atoms with Crippen LogP contribution < -0.4 is 0 Å². The first-order chi connectivity index (χ1) is 12.8. The number of aliphatic carboxylic acids is 1. The van der Waals surface area contributed by atoms with Crippen molar-refractivity contribution < 1.29 is 9.90 Å². The molecule has 2 aromatic rings. The Hall–Kier alpha value is -1.55. The quantitative estimate of drug-likeness (QED) is 0.711. The zero-order valence-electron chi connectivity index (χ0n) is 15.9. The molecule has 0 heterocycles. The molecule has 3 nitrogen and oxygen atoms in total. The van der Waals surface area contributed by atoms with E-state index in [1.807, 2.05) is 30.1 Å². The van der Waals surface area contributed by atoms with Gasteiger partial charge in [-0.2, -0.15) is 0 Å². The molecule has 2 aromatic carbocycles. The molecule has 3 atom stereocenters. The van der Waals surface area contributed by atoms with Crippen LogP contribution in [0.15, 0.2) is 42.5 Å². The zero-order chi connectivity index (χ0) is 19.8. The summed E-state index contributed by atoms with van der Waals surface area (Å²) in [6, 6.07) is 13.7. The summed E-state index contributed by atoms with van der Waals surface area (Å²) in [7, 11) is 1.87. The van der Waals surface area contributed by atoms with Gasteiger partial charge < -0.3 is 5.11 Å². The molecular weight excluding hydrogens is 381 g/mol. The third-order valence-electron chi connectivity index (χ3n) is 6.12. The molecule has 0 bridgehead atoms. The van der Waals surface area contributed by atoms with Gasteiger partial charge in [-0.25, -0.2) is 0 Å². The van der Waals surface area contributed by atoms with Crippen molar-refractivity contribution in [2.75, 3.05) is 13.6 Å². The number of halogens is 2. The number of carbonyl (C=O) groups is 1. The molecule has 1 unspecified atom stereocenters. The maximum atomic E-state index is 11.4. The van der Waals surface area contributed by atoms with Crippen LogP contribution in [0.25, 0.3) is 0 Å². The highest BCUT2D eigenvalue weighted by Gasteiger charge is 2.45. The van der Waals surface area contributed by atoms with Gasteiger partial charge >= 0.3 is 5.97 Å². The summed E-state index contributed by atoms with van der Waals surface area (Å²) in [5.41, 5.74) is 3.56. The molecule has 0 amide bonds. The van der Waals surface area contributed by atoms with Gasteiger partial charge in [-0.15, -0.1) is 0 Å². The van der Waals surface area contributed by atoms with Crippen molar-refractivity contribution in [1.82, 2.24) is 4.90 Å². The fraction of sp³-hybridized carbons (Fsp3) is 0.409. The van der Waals surface area contributed by atoms with Crippen LogP contribution in [0.2, 0.25) is 10.0 Å². The summed E-state index contributed by atoms with van der Waals surface area (Å²) in [5.74, 6) is -0.606. The highest BCUT2D eigenvalue weighted by atomic mass is 35.5. The average molecular weight is 406 g/mol. The van der Waals surface area contributed by atoms with Crippen molar-refractivity contribution in [2.24, 2.45) is 5.92 Å². The van der Waals surface area contributed by atoms with Gasteiger partial charge in [-0.1, -0.05) is 48.3 Å². The predicted octanol–water partition coefficient (Wildman–Crippen LogP) is 5.27. The lowest BCUT2D eigenvalue weighted by Gasteiger charge is -2.40. The second kappa shape index (κ2) is 7.83. The van der Waals surface area contributed by atoms with Gasteiger partial charge in [0.25, 0.3) is 0 Å². The normalized spacial score (nSPS) is 21.1. The Kier molecular flexibility index (Phi) is 5.85. The first-order valence-corrected chi connectivity index (χ1v) is 9.99. The molecule has 0 saturated heterocycles. The molecule has 1 N–H and O–H groups in total. The van der Waals surface area contributed by atoms with E-state index in [9.17, 15) is 9.90 Å². The molecule has 1 aliphatic carbocycles. The van der Waals surface area contributed by atoms with Crippen LogP contribution in [0, 0.1) is 5.92 Å². The molecule has 0 aliphatic heterocycles. The summed E-state index contributed by atoms with van der Waals surface area (Å²) in [6.07, 6.45) is 1.96. The monoisotopic (exact) mass is 405 g/mol. The molecular formula is C22H25Cl2NO2. The summed E-state index contributed by atoms with van der Waals surface area (Å²) >= 11 is 12.5. The molecule has 1 aliphatic rings. The van der Waals surface area contributed by atoms with Gasteiger partial charge in [0.1, 0.15) is 6.04 Å². The number of carboxylic acids is 1. The number of benzene rings is 2. The maximum Gasteiger partial charge on any atom is 0.320 e. The molecule has 27 heavy (non-hydrogen) atoms. The third-order valence-corrected chi connectivity index (χ3v) is 6.61. The van der Waals surface area contributed by atoms with E-state index in [1.165, 1.54) is 16.7 Å². The van der Waals surface area contributed by atoms with E-state index in [1.54, 1.807) is 6.92 Å². The number of aryl methyl sites for hydroxylation is 1. The number of fused-ring (bicyclic) bond motifs is 1. The Labute approximate surface area is 170 Å². The summed E-state index contributed by atoms with van der Waals surface area (Å²) in [5, 5.41) is 10.8. The Morgan fingerprint density at radius 2 is 1.78 bits per heavy atom. The SMILES string of the molecule is CC(C(=O)O)N(C)C[C@H](C)[C@]1(c2ccc(Cl)cc2)CCc2ccc(Cl)cc21. The molecule has 0 radical (unpaired) electrons. The van der Waals surface area contributed by atoms with Gasteiger partial charge in [0.15, 0.2) is 0 Å². The van der Waals surface area contributed by atoms with E-state index < -0.39 is 12.0 Å².